The zero-order chi connectivity index (χ0) is 4.41. The van der Waals surface area contributed by atoms with Crippen LogP contribution in [-0.2, 0) is 0 Å². The van der Waals surface area contributed by atoms with Gasteiger partial charge in [-0.3, -0.25) is 0 Å². The third-order valence-corrected chi connectivity index (χ3v) is 2.06. The van der Waals surface area contributed by atoms with E-state index in [0.29, 0.717) is 0 Å². The van der Waals surface area contributed by atoms with Gasteiger partial charge in [0.1, 0.15) is 0 Å². The molecule has 1 aliphatic rings. The van der Waals surface area contributed by atoms with E-state index in [9.17, 15) is 0 Å². The second kappa shape index (κ2) is 1.78. The number of nitrogens with zero attached hydrogens (tertiary/aromatic N) is 1. The van der Waals surface area contributed by atoms with Crippen molar-refractivity contribution in [3.05, 3.63) is 12.3 Å². The van der Waals surface area contributed by atoms with Gasteiger partial charge in [0.25, 0.3) is 0 Å². The van der Waals surface area contributed by atoms with Gasteiger partial charge in [0.15, 0.2) is 0 Å². The average molecular weight is 187 g/mol. The van der Waals surface area contributed by atoms with Crippen molar-refractivity contribution in [1.29, 1.82) is 0 Å². The summed E-state index contributed by atoms with van der Waals surface area (Å²) in [6, 6.07) is 0. The van der Waals surface area contributed by atoms with Crippen molar-refractivity contribution < 1.29 is 0 Å². The molecule has 0 radical (unpaired) electrons. The summed E-state index contributed by atoms with van der Waals surface area (Å²) in [5.41, 5.74) is 0. The van der Waals surface area contributed by atoms with Crippen molar-refractivity contribution in [2.24, 2.45) is 4.99 Å². The van der Waals surface area contributed by atoms with Crippen molar-refractivity contribution in [3.8, 4) is 0 Å². The molecule has 0 atom stereocenters. The van der Waals surface area contributed by atoms with Crippen molar-refractivity contribution in [2.45, 2.75) is 6.42 Å². The fraction of sp³-hybridized carbons (Fsp3) is 0.250. The van der Waals surface area contributed by atoms with Crippen molar-refractivity contribution >= 4 is 26.3 Å². The Balaban J connectivity index is 2.61. The van der Waals surface area contributed by atoms with Crippen LogP contribution in [0.1, 0.15) is 6.42 Å². The van der Waals surface area contributed by atoms with E-state index in [1.807, 2.05) is 6.20 Å². The second-order valence-electron chi connectivity index (χ2n) is 1.28. The van der Waals surface area contributed by atoms with Crippen LogP contribution in [0.15, 0.2) is 17.3 Å². The zero-order valence-corrected chi connectivity index (χ0v) is 7.55. The van der Waals surface area contributed by atoms with E-state index in [4.69, 9.17) is 0 Å². The molecule has 0 N–H and O–H groups in total. The molecule has 1 heterocycles. The third-order valence-electron chi connectivity index (χ3n) is 0.716. The summed E-state index contributed by atoms with van der Waals surface area (Å²) in [5, 5.41) is 0. The first-order chi connectivity index (χ1) is 2.89. The molecule has 2 heteroatoms. The van der Waals surface area contributed by atoms with Gasteiger partial charge in [0, 0.05) is 0 Å². The minimum absolute atomic E-state index is 0.942. The van der Waals surface area contributed by atoms with Crippen molar-refractivity contribution in [3.63, 3.8) is 0 Å². The van der Waals surface area contributed by atoms with E-state index < -0.39 is 0 Å². The fourth-order valence-corrected chi connectivity index (χ4v) is 1.18. The van der Waals surface area contributed by atoms with E-state index in [1.54, 1.807) is 0 Å². The van der Waals surface area contributed by atoms with Crippen LogP contribution in [0.3, 0.4) is 0 Å². The van der Waals surface area contributed by atoms with Crippen LogP contribution in [-0.4, -0.2) is 26.3 Å². The SMILES string of the molecule is [SnH2-][C]1=NC=CC1. The van der Waals surface area contributed by atoms with Gasteiger partial charge in [-0.2, -0.15) is 0 Å². The molecule has 0 unspecified atom stereocenters. The summed E-state index contributed by atoms with van der Waals surface area (Å²) in [5.74, 6) is 0. The molecule has 0 spiro atoms. The molecule has 0 saturated heterocycles. The van der Waals surface area contributed by atoms with E-state index >= 15 is 0 Å². The monoisotopic (exact) mass is 188 g/mol. The topological polar surface area (TPSA) is 12.4 Å². The maximum atomic E-state index is 4.05. The molecule has 1 rings (SSSR count). The Hall–Kier alpha value is 0.209. The molecule has 0 amide bonds. The molecule has 0 saturated carbocycles. The van der Waals surface area contributed by atoms with E-state index in [0.717, 1.165) is 28.9 Å². The first kappa shape index (κ1) is 4.37. The van der Waals surface area contributed by atoms with Crippen LogP contribution in [0.2, 0.25) is 0 Å². The predicted octanol–water partition coefficient (Wildman–Crippen LogP) is -0.0646. The molecule has 6 heavy (non-hydrogen) atoms. The maximum absolute atomic E-state index is 4.05. The number of rotatable bonds is 0. The van der Waals surface area contributed by atoms with Crippen LogP contribution in [0, 0.1) is 0 Å². The Labute approximate surface area is 50.2 Å². The molecule has 0 aliphatic carbocycles. The van der Waals surface area contributed by atoms with Crippen LogP contribution in [0.4, 0.5) is 0 Å². The Bertz CT molecular complexity index is 104. The summed E-state index contributed by atoms with van der Waals surface area (Å²) >= 11 is 0.942. The molecule has 0 aromatic rings. The fourth-order valence-electron chi connectivity index (χ4n) is 0.400. The number of aliphatic imine (C=N–C) groups is 1. The first-order valence-corrected chi connectivity index (χ1v) is 3.95. The Morgan fingerprint density at radius 2 is 2.67 bits per heavy atom. The van der Waals surface area contributed by atoms with Gasteiger partial charge >= 0.3 is 49.9 Å². The third kappa shape index (κ3) is 0.834. The number of allylic oxidation sites excluding steroid dienone is 1. The first-order valence-electron chi connectivity index (χ1n) is 1.93. The standard InChI is InChI=1S/C4H4N.Sn.2H/c1-2-4-5-3-1;;;/h1,3H,2H2;;;/q;-1;;. The number of hydrogen-bond donors (Lipinski definition) is 0. The predicted molar refractivity (Wildman–Crippen MR) is 29.7 cm³/mol. The molecule has 0 fully saturated rings. The Morgan fingerprint density at radius 1 is 1.83 bits per heavy atom. The number of hydrogen-bond acceptors (Lipinski definition) is 1. The van der Waals surface area contributed by atoms with Crippen molar-refractivity contribution in [1.82, 2.24) is 0 Å². The minimum atomic E-state index is 0.942. The second-order valence-corrected chi connectivity index (χ2v) is 3.61. The van der Waals surface area contributed by atoms with E-state index in [-0.39, 0.29) is 0 Å². The van der Waals surface area contributed by atoms with E-state index in [1.165, 1.54) is 3.73 Å². The Kier molecular flexibility index (Phi) is 1.29. The molecular formula is C4H6NSn-. The summed E-state index contributed by atoms with van der Waals surface area (Å²) in [6.45, 7) is 0. The van der Waals surface area contributed by atoms with Gasteiger partial charge in [0.2, 0.25) is 0 Å². The summed E-state index contributed by atoms with van der Waals surface area (Å²) in [4.78, 5) is 4.05. The zero-order valence-electron chi connectivity index (χ0n) is 3.52. The molecule has 32 valence electrons. The molecule has 0 aromatic carbocycles. The summed E-state index contributed by atoms with van der Waals surface area (Å²) < 4.78 is 1.39. The van der Waals surface area contributed by atoms with Gasteiger partial charge in [-0.1, -0.05) is 0 Å². The van der Waals surface area contributed by atoms with Crippen LogP contribution < -0.4 is 0 Å². The van der Waals surface area contributed by atoms with Gasteiger partial charge in [-0.15, -0.1) is 0 Å². The van der Waals surface area contributed by atoms with Crippen LogP contribution >= 0.6 is 0 Å². The van der Waals surface area contributed by atoms with Crippen LogP contribution in [0.25, 0.3) is 0 Å². The van der Waals surface area contributed by atoms with Gasteiger partial charge in [-0.25, -0.2) is 0 Å². The van der Waals surface area contributed by atoms with Crippen molar-refractivity contribution in [2.75, 3.05) is 0 Å². The molecule has 1 nitrogen and oxygen atoms in total. The average Bonchev–Trinajstić information content (AvgIpc) is 1.86. The summed E-state index contributed by atoms with van der Waals surface area (Å²) in [7, 11) is 0. The van der Waals surface area contributed by atoms with Gasteiger partial charge in [0.05, 0.1) is 0 Å². The summed E-state index contributed by atoms with van der Waals surface area (Å²) in [6.07, 6.45) is 5.11. The molecule has 0 aromatic heterocycles. The van der Waals surface area contributed by atoms with E-state index in [2.05, 4.69) is 11.1 Å². The van der Waals surface area contributed by atoms with Gasteiger partial charge in [-0.05, 0) is 0 Å². The normalized spacial score (nSPS) is 18.3. The quantitative estimate of drug-likeness (QED) is 0.470. The molecular weight excluding hydrogens is 181 g/mol. The van der Waals surface area contributed by atoms with Crippen LogP contribution in [0.5, 0.6) is 0 Å². The Morgan fingerprint density at radius 3 is 2.83 bits per heavy atom. The van der Waals surface area contributed by atoms with Gasteiger partial charge < -0.3 is 0 Å². The molecule has 1 aliphatic heterocycles. The molecule has 0 bridgehead atoms.